The first-order valence-corrected chi connectivity index (χ1v) is 16.1. The van der Waals surface area contributed by atoms with Gasteiger partial charge in [-0.25, -0.2) is 0 Å². The van der Waals surface area contributed by atoms with Crippen molar-refractivity contribution in [3.8, 4) is 0 Å². The average Bonchev–Trinajstić information content (AvgIpc) is 3.22. The topological polar surface area (TPSA) is 144 Å². The van der Waals surface area contributed by atoms with Gasteiger partial charge >= 0.3 is 0 Å². The van der Waals surface area contributed by atoms with Gasteiger partial charge in [-0.15, -0.1) is 0 Å². The highest BCUT2D eigenvalue weighted by Gasteiger charge is 2.65. The maximum absolute atomic E-state index is 12.7. The van der Waals surface area contributed by atoms with E-state index in [1.807, 2.05) is 0 Å². The first kappa shape index (κ1) is 29.0. The van der Waals surface area contributed by atoms with E-state index in [9.17, 15) is 28.5 Å². The molecule has 0 heterocycles. The molecule has 4 aliphatic carbocycles. The quantitative estimate of drug-likeness (QED) is 0.326. The van der Waals surface area contributed by atoms with Crippen molar-refractivity contribution in [3.63, 3.8) is 0 Å². The number of hydrogen-bond acceptors (Lipinski definition) is 6. The second-order valence-electron chi connectivity index (χ2n) is 13.6. The van der Waals surface area contributed by atoms with Crippen LogP contribution >= 0.6 is 0 Å². The molecule has 0 aromatic heterocycles. The molecular formula is C30H45NO7S. The van der Waals surface area contributed by atoms with E-state index in [1.165, 1.54) is 24.3 Å². The smallest absolute Gasteiger partial charge is 0.294 e. The van der Waals surface area contributed by atoms with E-state index in [2.05, 4.69) is 26.1 Å². The van der Waals surface area contributed by atoms with Crippen molar-refractivity contribution in [1.29, 1.82) is 0 Å². The van der Waals surface area contributed by atoms with Crippen molar-refractivity contribution in [2.45, 2.75) is 102 Å². The van der Waals surface area contributed by atoms with Gasteiger partial charge in [-0.2, -0.15) is 8.42 Å². The van der Waals surface area contributed by atoms with E-state index in [0.717, 1.165) is 38.5 Å². The number of anilines is 1. The first-order chi connectivity index (χ1) is 18.2. The van der Waals surface area contributed by atoms with Crippen LogP contribution in [0.3, 0.4) is 0 Å². The van der Waals surface area contributed by atoms with Crippen LogP contribution in [0.4, 0.5) is 5.69 Å². The third kappa shape index (κ3) is 5.07. The Bertz CT molecular complexity index is 1170. The number of fused-ring (bicyclic) bond motifs is 5. The Labute approximate surface area is 232 Å². The van der Waals surface area contributed by atoms with E-state index < -0.39 is 22.3 Å². The predicted molar refractivity (Wildman–Crippen MR) is 147 cm³/mol. The lowest BCUT2D eigenvalue weighted by atomic mass is 9.43. The molecule has 0 radical (unpaired) electrons. The minimum absolute atomic E-state index is 0.0484. The summed E-state index contributed by atoms with van der Waals surface area (Å²) in [6, 6.07) is 5.41. The van der Waals surface area contributed by atoms with Gasteiger partial charge in [0.05, 0.1) is 23.2 Å². The molecule has 39 heavy (non-hydrogen) atoms. The molecule has 0 aliphatic heterocycles. The summed E-state index contributed by atoms with van der Waals surface area (Å²) in [4.78, 5) is 12.5. The zero-order chi connectivity index (χ0) is 28.3. The Morgan fingerprint density at radius 2 is 1.72 bits per heavy atom. The summed E-state index contributed by atoms with van der Waals surface area (Å²) >= 11 is 0. The fourth-order valence-corrected chi connectivity index (χ4v) is 10.1. The highest BCUT2D eigenvalue weighted by Crippen LogP contribution is 2.68. The van der Waals surface area contributed by atoms with Crippen molar-refractivity contribution in [2.24, 2.45) is 46.3 Å². The number of amides is 1. The number of carbonyl (C=O) groups is 1. The molecule has 11 atom stereocenters. The molecule has 0 unspecified atom stereocenters. The second-order valence-corrected chi connectivity index (χ2v) is 15.0. The van der Waals surface area contributed by atoms with Gasteiger partial charge in [-0.05, 0) is 122 Å². The summed E-state index contributed by atoms with van der Waals surface area (Å²) in [6.45, 7) is 6.73. The van der Waals surface area contributed by atoms with Crippen LogP contribution in [0.1, 0.15) is 78.6 Å². The number of hydrogen-bond donors (Lipinski definition) is 5. The van der Waals surface area contributed by atoms with Gasteiger partial charge in [0, 0.05) is 12.1 Å². The number of carbonyl (C=O) groups excluding carboxylic acids is 1. The number of rotatable bonds is 6. The Morgan fingerprint density at radius 3 is 2.38 bits per heavy atom. The van der Waals surface area contributed by atoms with Crippen molar-refractivity contribution >= 4 is 21.7 Å². The van der Waals surface area contributed by atoms with Gasteiger partial charge in [0.25, 0.3) is 10.1 Å². The average molecular weight is 564 g/mol. The largest absolute Gasteiger partial charge is 0.393 e. The summed E-state index contributed by atoms with van der Waals surface area (Å²) in [5.74, 6) is 1.28. The Morgan fingerprint density at radius 1 is 1.03 bits per heavy atom. The van der Waals surface area contributed by atoms with Crippen LogP contribution in [-0.2, 0) is 14.9 Å². The zero-order valence-electron chi connectivity index (χ0n) is 23.3. The number of nitrogens with one attached hydrogen (secondary N) is 1. The highest BCUT2D eigenvalue weighted by molar-refractivity contribution is 7.85. The van der Waals surface area contributed by atoms with Crippen LogP contribution < -0.4 is 5.32 Å². The maximum atomic E-state index is 12.7. The molecule has 1 aromatic rings. The van der Waals surface area contributed by atoms with Crippen molar-refractivity contribution in [1.82, 2.24) is 0 Å². The highest BCUT2D eigenvalue weighted by atomic mass is 32.2. The molecule has 9 heteroatoms. The normalized spacial score (nSPS) is 42.6. The number of aliphatic hydroxyl groups excluding tert-OH is 3. The van der Waals surface area contributed by atoms with Crippen LogP contribution in [0, 0.1) is 46.3 Å². The van der Waals surface area contributed by atoms with E-state index >= 15 is 0 Å². The molecule has 0 bridgehead atoms. The Kier molecular flexibility index (Phi) is 7.72. The van der Waals surface area contributed by atoms with E-state index in [4.69, 9.17) is 4.55 Å². The van der Waals surface area contributed by atoms with Crippen molar-refractivity contribution in [3.05, 3.63) is 24.3 Å². The third-order valence-corrected chi connectivity index (χ3v) is 12.7. The summed E-state index contributed by atoms with van der Waals surface area (Å²) in [6.07, 6.45) is 5.75. The van der Waals surface area contributed by atoms with Gasteiger partial charge in [0.15, 0.2) is 0 Å². The molecule has 5 rings (SSSR count). The Balaban J connectivity index is 1.24. The van der Waals surface area contributed by atoms with Crippen molar-refractivity contribution < 1.29 is 33.1 Å². The third-order valence-electron chi connectivity index (χ3n) is 11.8. The van der Waals surface area contributed by atoms with Gasteiger partial charge in [-0.3, -0.25) is 9.35 Å². The monoisotopic (exact) mass is 563 g/mol. The van der Waals surface area contributed by atoms with E-state index in [-0.39, 0.29) is 57.3 Å². The molecule has 1 aromatic carbocycles. The SMILES string of the molecule is C[C@H](CCC(=O)Nc1ccc(S(=O)(=O)O)cc1)[C@H]1CC[C@H]2[C@@H]3[C@H](O)C[C@@H]4C[C@H](O)CC[C@]4(C)[C@H]3C[C@H](O)[C@]12C. The van der Waals surface area contributed by atoms with Gasteiger partial charge < -0.3 is 20.6 Å². The zero-order valence-corrected chi connectivity index (χ0v) is 24.1. The molecule has 0 saturated heterocycles. The molecule has 8 nitrogen and oxygen atoms in total. The Hall–Kier alpha value is -1.52. The second kappa shape index (κ2) is 10.4. The molecule has 218 valence electrons. The summed E-state index contributed by atoms with van der Waals surface area (Å²) in [7, 11) is -4.28. The lowest BCUT2D eigenvalue weighted by molar-refractivity contribution is -0.207. The summed E-state index contributed by atoms with van der Waals surface area (Å²) in [5, 5.41) is 36.3. The fraction of sp³-hybridized carbons (Fsp3) is 0.767. The molecule has 4 fully saturated rings. The molecule has 4 aliphatic rings. The predicted octanol–water partition coefficient (Wildman–Crippen LogP) is 4.25. The lowest BCUT2D eigenvalue weighted by Crippen LogP contribution is -2.62. The van der Waals surface area contributed by atoms with Gasteiger partial charge in [0.1, 0.15) is 0 Å². The minimum atomic E-state index is -4.28. The first-order valence-electron chi connectivity index (χ1n) is 14.7. The molecule has 5 N–H and O–H groups in total. The van der Waals surface area contributed by atoms with Crippen LogP contribution in [0.15, 0.2) is 29.2 Å². The minimum Gasteiger partial charge on any atom is -0.393 e. The molecule has 1 amide bonds. The van der Waals surface area contributed by atoms with Crippen LogP contribution in [0.25, 0.3) is 0 Å². The van der Waals surface area contributed by atoms with Crippen molar-refractivity contribution in [2.75, 3.05) is 5.32 Å². The van der Waals surface area contributed by atoms with Crippen LogP contribution in [0.5, 0.6) is 0 Å². The summed E-state index contributed by atoms with van der Waals surface area (Å²) < 4.78 is 31.6. The molecule has 0 spiro atoms. The number of benzene rings is 1. The van der Waals surface area contributed by atoms with Crippen LogP contribution in [0.2, 0.25) is 0 Å². The van der Waals surface area contributed by atoms with Gasteiger partial charge in [0.2, 0.25) is 5.91 Å². The van der Waals surface area contributed by atoms with Gasteiger partial charge in [-0.1, -0.05) is 20.8 Å². The van der Waals surface area contributed by atoms with Crippen LogP contribution in [-0.4, -0.2) is 52.5 Å². The molecule has 4 saturated carbocycles. The number of aliphatic hydroxyl groups is 3. The summed E-state index contributed by atoms with van der Waals surface area (Å²) in [5.41, 5.74) is 0.211. The maximum Gasteiger partial charge on any atom is 0.294 e. The standard InChI is InChI=1S/C30H45NO7S/c1-17(4-11-27(35)31-19-5-7-21(8-6-19)39(36,37)38)22-9-10-23-28-24(16-26(34)30(22,23)3)29(2)13-12-20(32)14-18(29)15-25(28)33/h5-8,17-18,20,22-26,28,32-34H,4,9-16H2,1-3H3,(H,31,35)(H,36,37,38)/t17-,18+,20-,22-,23+,24+,25-,26+,28+,29+,30-/m1/s1. The van der Waals surface area contributed by atoms with E-state index in [1.54, 1.807) is 0 Å². The lowest BCUT2D eigenvalue weighted by Gasteiger charge is -2.63. The fourth-order valence-electron chi connectivity index (χ4n) is 9.63. The van der Waals surface area contributed by atoms with E-state index in [0.29, 0.717) is 30.9 Å². The molecular weight excluding hydrogens is 518 g/mol.